The first-order chi connectivity index (χ1) is 15.4. The van der Waals surface area contributed by atoms with Crippen LogP contribution in [-0.2, 0) is 9.59 Å². The normalized spacial score (nSPS) is 17.8. The van der Waals surface area contributed by atoms with Crippen LogP contribution in [0, 0.1) is 5.82 Å². The molecule has 1 aliphatic heterocycles. The van der Waals surface area contributed by atoms with Gasteiger partial charge in [-0.3, -0.25) is 19.5 Å². The van der Waals surface area contributed by atoms with Crippen molar-refractivity contribution < 1.29 is 23.8 Å². The van der Waals surface area contributed by atoms with E-state index in [1.54, 1.807) is 42.5 Å². The van der Waals surface area contributed by atoms with E-state index in [-0.39, 0.29) is 23.1 Å². The smallest absolute Gasteiger partial charge is 0.300 e. The van der Waals surface area contributed by atoms with Crippen molar-refractivity contribution in [2.75, 3.05) is 4.90 Å². The number of pyridine rings is 1. The summed E-state index contributed by atoms with van der Waals surface area (Å²) in [5.74, 6) is -2.07. The Balaban J connectivity index is 1.90. The standard InChI is InChI=1S/C25H21FN2O4/c1-15(2)32-20-8-3-5-17(13-20)23(29)21-22(16-9-11-27-12-10-16)28(25(31)24(21)30)19-7-4-6-18(26)14-19/h3-15,22,29H,1-2H3/b23-21+. The van der Waals surface area contributed by atoms with Crippen LogP contribution in [0.15, 0.2) is 78.6 Å². The molecule has 1 aromatic heterocycles. The molecule has 0 radical (unpaired) electrons. The lowest BCUT2D eigenvalue weighted by Crippen LogP contribution is -2.29. The van der Waals surface area contributed by atoms with Gasteiger partial charge in [-0.25, -0.2) is 4.39 Å². The highest BCUT2D eigenvalue weighted by Gasteiger charge is 2.47. The quantitative estimate of drug-likeness (QED) is 0.361. The highest BCUT2D eigenvalue weighted by Crippen LogP contribution is 2.42. The maximum absolute atomic E-state index is 13.9. The zero-order valence-electron chi connectivity index (χ0n) is 17.5. The third kappa shape index (κ3) is 3.97. The maximum Gasteiger partial charge on any atom is 0.300 e. The predicted octanol–water partition coefficient (Wildman–Crippen LogP) is 4.63. The van der Waals surface area contributed by atoms with E-state index in [9.17, 15) is 19.1 Å². The van der Waals surface area contributed by atoms with Crippen molar-refractivity contribution in [2.24, 2.45) is 0 Å². The zero-order chi connectivity index (χ0) is 22.8. The highest BCUT2D eigenvalue weighted by molar-refractivity contribution is 6.51. The van der Waals surface area contributed by atoms with Crippen LogP contribution in [0.25, 0.3) is 5.76 Å². The Kier molecular flexibility index (Phi) is 5.73. The Morgan fingerprint density at radius 1 is 1.06 bits per heavy atom. The van der Waals surface area contributed by atoms with Crippen LogP contribution in [0.4, 0.5) is 10.1 Å². The van der Waals surface area contributed by atoms with E-state index >= 15 is 0 Å². The first kappa shape index (κ1) is 21.2. The Hall–Kier alpha value is -4.00. The average molecular weight is 432 g/mol. The topological polar surface area (TPSA) is 79.7 Å². The molecule has 0 spiro atoms. The molecule has 1 aliphatic rings. The molecule has 7 heteroatoms. The number of ketones is 1. The molecule has 0 bridgehead atoms. The molecule has 162 valence electrons. The van der Waals surface area contributed by atoms with Crippen LogP contribution in [-0.4, -0.2) is 27.9 Å². The molecular weight excluding hydrogens is 411 g/mol. The van der Waals surface area contributed by atoms with E-state index in [0.29, 0.717) is 16.9 Å². The van der Waals surface area contributed by atoms with Gasteiger partial charge < -0.3 is 9.84 Å². The van der Waals surface area contributed by atoms with Crippen molar-refractivity contribution in [1.29, 1.82) is 0 Å². The number of anilines is 1. The second-order valence-electron chi connectivity index (χ2n) is 7.62. The molecule has 1 amide bonds. The summed E-state index contributed by atoms with van der Waals surface area (Å²) in [6.07, 6.45) is 2.97. The van der Waals surface area contributed by atoms with E-state index in [4.69, 9.17) is 4.74 Å². The minimum absolute atomic E-state index is 0.0808. The number of hydrogen-bond donors (Lipinski definition) is 1. The highest BCUT2D eigenvalue weighted by atomic mass is 19.1. The van der Waals surface area contributed by atoms with Gasteiger partial charge >= 0.3 is 0 Å². The number of benzene rings is 2. The van der Waals surface area contributed by atoms with Gasteiger partial charge in [0.05, 0.1) is 17.7 Å². The molecule has 0 aliphatic carbocycles. The first-order valence-electron chi connectivity index (χ1n) is 10.1. The third-order valence-corrected chi connectivity index (χ3v) is 5.03. The van der Waals surface area contributed by atoms with Crippen LogP contribution in [0.5, 0.6) is 5.75 Å². The third-order valence-electron chi connectivity index (χ3n) is 5.03. The number of aromatic nitrogens is 1. The summed E-state index contributed by atoms with van der Waals surface area (Å²) >= 11 is 0. The molecule has 2 aromatic carbocycles. The Labute approximate surface area is 184 Å². The number of ether oxygens (including phenoxy) is 1. The van der Waals surface area contributed by atoms with E-state index < -0.39 is 23.5 Å². The van der Waals surface area contributed by atoms with Crippen molar-refractivity contribution in [3.05, 3.63) is 95.6 Å². The molecule has 3 aromatic rings. The molecule has 2 heterocycles. The average Bonchev–Trinajstić information content (AvgIpc) is 3.04. The van der Waals surface area contributed by atoms with E-state index in [1.807, 2.05) is 13.8 Å². The SMILES string of the molecule is CC(C)Oc1cccc(/C(O)=C2\C(=O)C(=O)N(c3cccc(F)c3)C2c2ccncc2)c1. The fraction of sp³-hybridized carbons (Fsp3) is 0.160. The van der Waals surface area contributed by atoms with Crippen LogP contribution >= 0.6 is 0 Å². The van der Waals surface area contributed by atoms with Crippen LogP contribution in [0.3, 0.4) is 0 Å². The van der Waals surface area contributed by atoms with Crippen molar-refractivity contribution in [1.82, 2.24) is 4.98 Å². The number of Topliss-reactive ketones (excluding diaryl/α,β-unsaturated/α-hetero) is 1. The van der Waals surface area contributed by atoms with Gasteiger partial charge in [0.1, 0.15) is 17.3 Å². The number of aliphatic hydroxyl groups is 1. The largest absolute Gasteiger partial charge is 0.507 e. The number of halogens is 1. The number of rotatable bonds is 5. The summed E-state index contributed by atoms with van der Waals surface area (Å²) in [4.78, 5) is 31.3. The van der Waals surface area contributed by atoms with Crippen molar-refractivity contribution in [3.8, 4) is 5.75 Å². The van der Waals surface area contributed by atoms with Crippen LogP contribution < -0.4 is 9.64 Å². The Bertz CT molecular complexity index is 1210. The predicted molar refractivity (Wildman–Crippen MR) is 118 cm³/mol. The van der Waals surface area contributed by atoms with Crippen LogP contribution in [0.2, 0.25) is 0 Å². The van der Waals surface area contributed by atoms with Gasteiger partial charge in [-0.05, 0) is 61.9 Å². The Morgan fingerprint density at radius 2 is 1.78 bits per heavy atom. The minimum Gasteiger partial charge on any atom is -0.507 e. The number of carbonyl (C=O) groups is 2. The van der Waals surface area contributed by atoms with E-state index in [0.717, 1.165) is 0 Å². The molecule has 0 saturated carbocycles. The molecular formula is C25H21FN2O4. The van der Waals surface area contributed by atoms with Crippen molar-refractivity contribution >= 4 is 23.1 Å². The molecule has 4 rings (SSSR count). The summed E-state index contributed by atoms with van der Waals surface area (Å²) in [6.45, 7) is 3.75. The molecule has 6 nitrogen and oxygen atoms in total. The minimum atomic E-state index is -0.950. The molecule has 32 heavy (non-hydrogen) atoms. The van der Waals surface area contributed by atoms with E-state index in [1.165, 1.54) is 35.5 Å². The van der Waals surface area contributed by atoms with Gasteiger partial charge in [-0.2, -0.15) is 0 Å². The number of carbonyl (C=O) groups excluding carboxylic acids is 2. The lowest BCUT2D eigenvalue weighted by atomic mass is 9.95. The fourth-order valence-electron chi connectivity index (χ4n) is 3.73. The number of amides is 1. The monoisotopic (exact) mass is 432 g/mol. The summed E-state index contributed by atoms with van der Waals surface area (Å²) in [7, 11) is 0. The fourth-order valence-corrected chi connectivity index (χ4v) is 3.73. The number of aliphatic hydroxyl groups excluding tert-OH is 1. The van der Waals surface area contributed by atoms with Crippen molar-refractivity contribution in [2.45, 2.75) is 26.0 Å². The zero-order valence-corrected chi connectivity index (χ0v) is 17.5. The lowest BCUT2D eigenvalue weighted by Gasteiger charge is -2.25. The summed E-state index contributed by atoms with van der Waals surface area (Å²) in [6, 6.07) is 14.4. The molecule has 1 atom stereocenters. The van der Waals surface area contributed by atoms with Crippen LogP contribution in [0.1, 0.15) is 31.0 Å². The molecule has 1 N–H and O–H groups in total. The summed E-state index contributed by atoms with van der Waals surface area (Å²) in [5, 5.41) is 11.2. The maximum atomic E-state index is 13.9. The first-order valence-corrected chi connectivity index (χ1v) is 10.1. The van der Waals surface area contributed by atoms with E-state index in [2.05, 4.69) is 4.98 Å². The second-order valence-corrected chi connectivity index (χ2v) is 7.62. The number of nitrogens with zero attached hydrogens (tertiary/aromatic N) is 2. The van der Waals surface area contributed by atoms with Gasteiger partial charge in [0.2, 0.25) is 0 Å². The summed E-state index contributed by atoms with van der Waals surface area (Å²) < 4.78 is 19.6. The summed E-state index contributed by atoms with van der Waals surface area (Å²) in [5.41, 5.74) is 1.01. The number of hydrogen-bond acceptors (Lipinski definition) is 5. The second kappa shape index (κ2) is 8.63. The molecule has 1 saturated heterocycles. The van der Waals surface area contributed by atoms with Gasteiger partial charge in [0, 0.05) is 23.6 Å². The van der Waals surface area contributed by atoms with Gasteiger partial charge in [-0.1, -0.05) is 18.2 Å². The molecule has 1 fully saturated rings. The molecule has 1 unspecified atom stereocenters. The lowest BCUT2D eigenvalue weighted by molar-refractivity contribution is -0.132. The van der Waals surface area contributed by atoms with Crippen molar-refractivity contribution in [3.63, 3.8) is 0 Å². The van der Waals surface area contributed by atoms with Gasteiger partial charge in [-0.15, -0.1) is 0 Å². The Morgan fingerprint density at radius 3 is 2.47 bits per heavy atom. The van der Waals surface area contributed by atoms with Gasteiger partial charge in [0.15, 0.2) is 0 Å². The van der Waals surface area contributed by atoms with Gasteiger partial charge in [0.25, 0.3) is 11.7 Å².